The second-order valence-electron chi connectivity index (χ2n) is 8.17. The Bertz CT molecular complexity index is 1000. The summed E-state index contributed by atoms with van der Waals surface area (Å²) in [4.78, 5) is 34.0. The summed E-state index contributed by atoms with van der Waals surface area (Å²) >= 11 is 0. The Kier molecular flexibility index (Phi) is 5.00. The van der Waals surface area contributed by atoms with Crippen molar-refractivity contribution in [3.8, 4) is 0 Å². The van der Waals surface area contributed by atoms with Crippen LogP contribution in [0.2, 0.25) is 0 Å². The number of aromatic nitrogens is 4. The highest BCUT2D eigenvalue weighted by molar-refractivity contribution is 5.93. The molecule has 8 heteroatoms. The van der Waals surface area contributed by atoms with Gasteiger partial charge in [-0.2, -0.15) is 0 Å². The van der Waals surface area contributed by atoms with Crippen LogP contribution in [0.3, 0.4) is 0 Å². The first-order valence-electron chi connectivity index (χ1n) is 9.74. The van der Waals surface area contributed by atoms with Crippen LogP contribution >= 0.6 is 0 Å². The van der Waals surface area contributed by atoms with Gasteiger partial charge in [0.15, 0.2) is 0 Å². The normalized spacial score (nSPS) is 14.9. The lowest BCUT2D eigenvalue weighted by Crippen LogP contribution is -2.47. The fourth-order valence-electron chi connectivity index (χ4n) is 3.27. The van der Waals surface area contributed by atoms with Crippen molar-refractivity contribution in [1.29, 1.82) is 0 Å². The number of hydrogen-bond acceptors (Lipinski definition) is 7. The van der Waals surface area contributed by atoms with Crippen molar-refractivity contribution in [1.82, 2.24) is 19.9 Å². The van der Waals surface area contributed by atoms with Gasteiger partial charge in [-0.15, -0.1) is 0 Å². The van der Waals surface area contributed by atoms with Gasteiger partial charge in [-0.3, -0.25) is 9.78 Å². The van der Waals surface area contributed by atoms with Gasteiger partial charge < -0.3 is 15.1 Å². The standard InChI is InChI=1S/C21H25N7O/c1-21(2,3)20(29)26-18-5-4-15(12-23-18)27-8-10-28(11-9-27)19-16-6-7-22-13-17(16)24-14-25-19/h4-7,12-14H,8-11H2,1-3H3,(H,23,26,29). The van der Waals surface area contributed by atoms with Gasteiger partial charge in [0.1, 0.15) is 18.0 Å². The summed E-state index contributed by atoms with van der Waals surface area (Å²) in [7, 11) is 0. The van der Waals surface area contributed by atoms with E-state index >= 15 is 0 Å². The number of rotatable bonds is 3. The van der Waals surface area contributed by atoms with E-state index in [4.69, 9.17) is 0 Å². The van der Waals surface area contributed by atoms with Crippen LogP contribution in [0.25, 0.3) is 10.9 Å². The Morgan fingerprint density at radius 1 is 0.966 bits per heavy atom. The van der Waals surface area contributed by atoms with E-state index in [1.54, 1.807) is 18.7 Å². The predicted octanol–water partition coefficient (Wildman–Crippen LogP) is 2.73. The van der Waals surface area contributed by atoms with Gasteiger partial charge in [0.2, 0.25) is 5.91 Å². The number of piperazine rings is 1. The molecule has 0 unspecified atom stereocenters. The molecule has 8 nitrogen and oxygen atoms in total. The van der Waals surface area contributed by atoms with Crippen molar-refractivity contribution in [2.45, 2.75) is 20.8 Å². The lowest BCUT2D eigenvalue weighted by Gasteiger charge is -2.36. The number of fused-ring (bicyclic) bond motifs is 1. The lowest BCUT2D eigenvalue weighted by atomic mass is 9.96. The molecule has 3 aromatic rings. The monoisotopic (exact) mass is 391 g/mol. The minimum atomic E-state index is -0.447. The van der Waals surface area contributed by atoms with E-state index in [1.165, 1.54) is 0 Å². The zero-order chi connectivity index (χ0) is 20.4. The maximum atomic E-state index is 12.1. The van der Waals surface area contributed by atoms with Crippen LogP contribution in [0.4, 0.5) is 17.3 Å². The number of nitrogens with zero attached hydrogens (tertiary/aromatic N) is 6. The molecule has 1 aliphatic rings. The molecule has 0 bridgehead atoms. The summed E-state index contributed by atoms with van der Waals surface area (Å²) in [6.45, 7) is 9.10. The molecule has 1 fully saturated rings. The highest BCUT2D eigenvalue weighted by Gasteiger charge is 2.22. The maximum Gasteiger partial charge on any atom is 0.230 e. The minimum absolute atomic E-state index is 0.0429. The van der Waals surface area contributed by atoms with Crippen molar-refractivity contribution >= 4 is 34.1 Å². The van der Waals surface area contributed by atoms with Crippen LogP contribution in [0.1, 0.15) is 20.8 Å². The molecule has 3 aromatic heterocycles. The molecule has 1 aliphatic heterocycles. The van der Waals surface area contributed by atoms with Gasteiger partial charge in [-0.1, -0.05) is 20.8 Å². The molecule has 1 N–H and O–H groups in total. The Balaban J connectivity index is 1.41. The molecule has 4 heterocycles. The highest BCUT2D eigenvalue weighted by atomic mass is 16.2. The molecule has 150 valence electrons. The molecular weight excluding hydrogens is 366 g/mol. The summed E-state index contributed by atoms with van der Waals surface area (Å²) < 4.78 is 0. The zero-order valence-electron chi connectivity index (χ0n) is 17.0. The van der Waals surface area contributed by atoms with E-state index in [9.17, 15) is 4.79 Å². The molecule has 0 saturated carbocycles. The van der Waals surface area contributed by atoms with E-state index in [-0.39, 0.29) is 5.91 Å². The number of amides is 1. The van der Waals surface area contributed by atoms with E-state index in [1.807, 2.05) is 45.2 Å². The average molecular weight is 391 g/mol. The van der Waals surface area contributed by atoms with Gasteiger partial charge in [0, 0.05) is 43.2 Å². The highest BCUT2D eigenvalue weighted by Crippen LogP contribution is 2.25. The van der Waals surface area contributed by atoms with Gasteiger partial charge in [0.25, 0.3) is 0 Å². The topological polar surface area (TPSA) is 87.1 Å². The molecule has 0 aliphatic carbocycles. The van der Waals surface area contributed by atoms with Crippen molar-refractivity contribution in [3.05, 3.63) is 43.1 Å². The Hall–Kier alpha value is -3.29. The first kappa shape index (κ1) is 19.0. The molecule has 0 aromatic carbocycles. The molecule has 0 atom stereocenters. The van der Waals surface area contributed by atoms with E-state index in [0.717, 1.165) is 48.6 Å². The molecule has 4 rings (SSSR count). The van der Waals surface area contributed by atoms with E-state index in [2.05, 4.69) is 35.1 Å². The van der Waals surface area contributed by atoms with Crippen LogP contribution in [-0.2, 0) is 4.79 Å². The largest absolute Gasteiger partial charge is 0.367 e. The number of pyridine rings is 2. The van der Waals surface area contributed by atoms with Crippen LogP contribution in [0, 0.1) is 5.41 Å². The zero-order valence-corrected chi connectivity index (χ0v) is 17.0. The van der Waals surface area contributed by atoms with E-state index in [0.29, 0.717) is 5.82 Å². The summed E-state index contributed by atoms with van der Waals surface area (Å²) in [5.74, 6) is 1.49. The Morgan fingerprint density at radius 3 is 2.41 bits per heavy atom. The Labute approximate surface area is 170 Å². The molecule has 1 saturated heterocycles. The first-order valence-corrected chi connectivity index (χ1v) is 9.74. The van der Waals surface area contributed by atoms with E-state index < -0.39 is 5.41 Å². The summed E-state index contributed by atoms with van der Waals surface area (Å²) in [5.41, 5.74) is 1.46. The van der Waals surface area contributed by atoms with Gasteiger partial charge in [-0.05, 0) is 18.2 Å². The second-order valence-corrected chi connectivity index (χ2v) is 8.17. The number of anilines is 3. The quantitative estimate of drug-likeness (QED) is 0.734. The maximum absolute atomic E-state index is 12.1. The first-order chi connectivity index (χ1) is 13.9. The van der Waals surface area contributed by atoms with Gasteiger partial charge >= 0.3 is 0 Å². The molecule has 0 radical (unpaired) electrons. The smallest absolute Gasteiger partial charge is 0.230 e. The number of nitrogens with one attached hydrogen (secondary N) is 1. The van der Waals surface area contributed by atoms with Crippen LogP contribution in [-0.4, -0.2) is 52.0 Å². The van der Waals surface area contributed by atoms with Crippen molar-refractivity contribution < 1.29 is 4.79 Å². The molecule has 0 spiro atoms. The fourth-order valence-corrected chi connectivity index (χ4v) is 3.27. The summed E-state index contributed by atoms with van der Waals surface area (Å²) in [6.07, 6.45) is 6.96. The third kappa shape index (κ3) is 4.11. The molecule has 1 amide bonds. The fraction of sp³-hybridized carbons (Fsp3) is 0.381. The predicted molar refractivity (Wildman–Crippen MR) is 114 cm³/mol. The van der Waals surface area contributed by atoms with Crippen LogP contribution in [0.5, 0.6) is 0 Å². The minimum Gasteiger partial charge on any atom is -0.367 e. The third-order valence-electron chi connectivity index (χ3n) is 5.03. The number of carbonyl (C=O) groups is 1. The number of carbonyl (C=O) groups excluding carboxylic acids is 1. The van der Waals surface area contributed by atoms with Crippen molar-refractivity contribution in [2.24, 2.45) is 5.41 Å². The average Bonchev–Trinajstić information content (AvgIpc) is 2.73. The summed E-state index contributed by atoms with van der Waals surface area (Å²) in [5, 5.41) is 3.89. The third-order valence-corrected chi connectivity index (χ3v) is 5.03. The van der Waals surface area contributed by atoms with Crippen LogP contribution in [0.15, 0.2) is 43.1 Å². The lowest BCUT2D eigenvalue weighted by molar-refractivity contribution is -0.123. The molecular formula is C21H25N7O. The molecule has 29 heavy (non-hydrogen) atoms. The summed E-state index contributed by atoms with van der Waals surface area (Å²) in [6, 6.07) is 5.83. The van der Waals surface area contributed by atoms with Crippen molar-refractivity contribution in [2.75, 3.05) is 41.3 Å². The van der Waals surface area contributed by atoms with Gasteiger partial charge in [0.05, 0.1) is 23.6 Å². The SMILES string of the molecule is CC(C)(C)C(=O)Nc1ccc(N2CCN(c3ncnc4cnccc34)CC2)cn1. The van der Waals surface area contributed by atoms with Crippen LogP contribution < -0.4 is 15.1 Å². The van der Waals surface area contributed by atoms with Crippen molar-refractivity contribution in [3.63, 3.8) is 0 Å². The second kappa shape index (κ2) is 7.62. The van der Waals surface area contributed by atoms with Gasteiger partial charge in [-0.25, -0.2) is 15.0 Å². The number of hydrogen-bond donors (Lipinski definition) is 1. The Morgan fingerprint density at radius 2 is 1.72 bits per heavy atom.